The number of likely N-dealkylation sites (N-methyl/N-ethyl adjacent to an activating group) is 1. The van der Waals surface area contributed by atoms with Crippen molar-refractivity contribution in [3.63, 3.8) is 0 Å². The van der Waals surface area contributed by atoms with Gasteiger partial charge in [-0.1, -0.05) is 56.5 Å². The molecule has 1 heterocycles. The number of halogens is 3. The molecule has 3 N–H and O–H groups in total. The van der Waals surface area contributed by atoms with Crippen LogP contribution in [0.3, 0.4) is 0 Å². The summed E-state index contributed by atoms with van der Waals surface area (Å²) in [5, 5.41) is 2.71. The molecule has 182 valence electrons. The van der Waals surface area contributed by atoms with Crippen LogP contribution in [0.25, 0.3) is 0 Å². The number of amides is 2. The topological polar surface area (TPSA) is 87.8 Å². The van der Waals surface area contributed by atoms with Gasteiger partial charge in [0.05, 0.1) is 22.9 Å². The predicted molar refractivity (Wildman–Crippen MR) is 126 cm³/mol. The average Bonchev–Trinajstić information content (AvgIpc) is 2.92. The number of unbranched alkanes of at least 4 members (excludes halogenated alkanes) is 2. The number of carbonyl (C=O) groups excluding carboxylic acids is 2. The summed E-state index contributed by atoms with van der Waals surface area (Å²) >= 11 is 0. The second-order valence-electron chi connectivity index (χ2n) is 8.31. The lowest BCUT2D eigenvalue weighted by molar-refractivity contribution is -0.137. The molecule has 1 aliphatic rings. The molecule has 0 spiro atoms. The summed E-state index contributed by atoms with van der Waals surface area (Å²) in [6.45, 7) is 2.20. The summed E-state index contributed by atoms with van der Waals surface area (Å²) in [7, 11) is 1.58. The number of aliphatic imine (C=N–C) groups is 1. The number of para-hydroxylation sites is 1. The highest BCUT2D eigenvalue weighted by Gasteiger charge is 2.33. The zero-order valence-corrected chi connectivity index (χ0v) is 19.2. The van der Waals surface area contributed by atoms with Crippen molar-refractivity contribution in [1.82, 2.24) is 5.32 Å². The number of alkyl halides is 3. The van der Waals surface area contributed by atoms with Crippen LogP contribution in [0.4, 0.5) is 18.9 Å². The van der Waals surface area contributed by atoms with Gasteiger partial charge in [0, 0.05) is 24.7 Å². The fraction of sp³-hybridized carbons (Fsp3) is 0.400. The minimum atomic E-state index is -4.47. The van der Waals surface area contributed by atoms with Crippen LogP contribution in [-0.4, -0.2) is 37.3 Å². The van der Waals surface area contributed by atoms with E-state index in [9.17, 15) is 22.8 Å². The first-order valence-electron chi connectivity index (χ1n) is 11.3. The highest BCUT2D eigenvalue weighted by molar-refractivity contribution is 6.20. The van der Waals surface area contributed by atoms with Crippen molar-refractivity contribution in [3.05, 3.63) is 65.2 Å². The van der Waals surface area contributed by atoms with Gasteiger partial charge in [-0.2, -0.15) is 13.2 Å². The molecule has 2 atom stereocenters. The number of rotatable bonds is 8. The lowest BCUT2D eigenvalue weighted by Gasteiger charge is -2.22. The summed E-state index contributed by atoms with van der Waals surface area (Å²) in [6, 6.07) is 11.6. The second kappa shape index (κ2) is 10.8. The second-order valence-corrected chi connectivity index (χ2v) is 8.31. The summed E-state index contributed by atoms with van der Waals surface area (Å²) in [5.74, 6) is -1.28. The molecule has 0 aromatic heterocycles. The van der Waals surface area contributed by atoms with Gasteiger partial charge in [0.1, 0.15) is 0 Å². The van der Waals surface area contributed by atoms with Crippen LogP contribution in [0.1, 0.15) is 49.3 Å². The molecule has 3 rings (SSSR count). The molecule has 6 nitrogen and oxygen atoms in total. The third kappa shape index (κ3) is 5.64. The first kappa shape index (κ1) is 25.4. The fourth-order valence-corrected chi connectivity index (χ4v) is 3.91. The van der Waals surface area contributed by atoms with Gasteiger partial charge in [-0.3, -0.25) is 9.59 Å². The van der Waals surface area contributed by atoms with Crippen molar-refractivity contribution < 1.29 is 22.8 Å². The average molecular weight is 475 g/mol. The molecule has 0 bridgehead atoms. The first-order chi connectivity index (χ1) is 16.2. The van der Waals surface area contributed by atoms with Crippen molar-refractivity contribution in [2.24, 2.45) is 16.6 Å². The number of hydrogen-bond acceptors (Lipinski definition) is 4. The van der Waals surface area contributed by atoms with Gasteiger partial charge in [-0.05, 0) is 24.6 Å². The SMILES string of the molecule is CCCCC[C@@H](CN)C(=O)NC1N=C(c2ccc(C(F)(F)F)cc2)c2ccccc2N(C)C1=O. The van der Waals surface area contributed by atoms with Crippen molar-refractivity contribution in [1.29, 1.82) is 0 Å². The number of nitrogens with zero attached hydrogens (tertiary/aromatic N) is 2. The van der Waals surface area contributed by atoms with Gasteiger partial charge >= 0.3 is 6.18 Å². The molecule has 0 saturated carbocycles. The van der Waals surface area contributed by atoms with Crippen LogP contribution in [0, 0.1) is 5.92 Å². The van der Waals surface area contributed by atoms with Gasteiger partial charge in [-0.25, -0.2) is 4.99 Å². The molecule has 0 radical (unpaired) electrons. The Labute approximate surface area is 197 Å². The number of anilines is 1. The van der Waals surface area contributed by atoms with E-state index in [-0.39, 0.29) is 12.5 Å². The Morgan fingerprint density at radius 1 is 1.15 bits per heavy atom. The molecular weight excluding hydrogens is 445 g/mol. The van der Waals surface area contributed by atoms with Crippen LogP contribution in [0.5, 0.6) is 0 Å². The maximum absolute atomic E-state index is 13.2. The molecule has 2 amide bonds. The molecule has 2 aromatic carbocycles. The monoisotopic (exact) mass is 474 g/mol. The minimum absolute atomic E-state index is 0.141. The summed E-state index contributed by atoms with van der Waals surface area (Å²) in [4.78, 5) is 32.1. The van der Waals surface area contributed by atoms with Crippen LogP contribution >= 0.6 is 0 Å². The van der Waals surface area contributed by atoms with E-state index in [1.54, 1.807) is 31.3 Å². The highest BCUT2D eigenvalue weighted by Crippen LogP contribution is 2.31. The van der Waals surface area contributed by atoms with E-state index in [0.29, 0.717) is 28.9 Å². The van der Waals surface area contributed by atoms with E-state index in [1.807, 2.05) is 0 Å². The highest BCUT2D eigenvalue weighted by atomic mass is 19.4. The van der Waals surface area contributed by atoms with E-state index in [4.69, 9.17) is 5.73 Å². The Morgan fingerprint density at radius 2 is 1.82 bits per heavy atom. The Hall–Kier alpha value is -3.20. The molecule has 1 unspecified atom stereocenters. The van der Waals surface area contributed by atoms with Crippen molar-refractivity contribution in [3.8, 4) is 0 Å². The van der Waals surface area contributed by atoms with E-state index in [2.05, 4.69) is 17.2 Å². The van der Waals surface area contributed by atoms with E-state index >= 15 is 0 Å². The Balaban J connectivity index is 1.99. The minimum Gasteiger partial charge on any atom is -0.330 e. The summed E-state index contributed by atoms with van der Waals surface area (Å²) in [5.41, 5.74) is 6.87. The molecular formula is C25H29F3N4O2. The normalized spacial score (nSPS) is 17.0. The Kier molecular flexibility index (Phi) is 8.09. The third-order valence-corrected chi connectivity index (χ3v) is 5.92. The van der Waals surface area contributed by atoms with Crippen molar-refractivity contribution >= 4 is 23.2 Å². The van der Waals surface area contributed by atoms with E-state index in [1.165, 1.54) is 17.0 Å². The van der Waals surface area contributed by atoms with Gasteiger partial charge in [0.15, 0.2) is 0 Å². The van der Waals surface area contributed by atoms with Crippen LogP contribution in [0.15, 0.2) is 53.5 Å². The largest absolute Gasteiger partial charge is 0.416 e. The van der Waals surface area contributed by atoms with Crippen molar-refractivity contribution in [2.45, 2.75) is 44.9 Å². The van der Waals surface area contributed by atoms with E-state index in [0.717, 1.165) is 31.4 Å². The van der Waals surface area contributed by atoms with Crippen LogP contribution in [0.2, 0.25) is 0 Å². The van der Waals surface area contributed by atoms with Gasteiger partial charge in [0.25, 0.3) is 5.91 Å². The molecule has 2 aromatic rings. The molecule has 0 saturated heterocycles. The number of fused-ring (bicyclic) bond motifs is 1. The van der Waals surface area contributed by atoms with Crippen LogP contribution in [-0.2, 0) is 15.8 Å². The number of nitrogens with two attached hydrogens (primary N) is 1. The zero-order valence-electron chi connectivity index (χ0n) is 19.2. The fourth-order valence-electron chi connectivity index (χ4n) is 3.91. The molecule has 0 aliphatic carbocycles. The lowest BCUT2D eigenvalue weighted by atomic mass is 9.99. The van der Waals surface area contributed by atoms with Crippen LogP contribution < -0.4 is 16.0 Å². The Morgan fingerprint density at radius 3 is 2.44 bits per heavy atom. The maximum Gasteiger partial charge on any atom is 0.416 e. The van der Waals surface area contributed by atoms with Crippen molar-refractivity contribution in [2.75, 3.05) is 18.5 Å². The Bertz CT molecular complexity index is 1050. The smallest absolute Gasteiger partial charge is 0.330 e. The maximum atomic E-state index is 13.2. The first-order valence-corrected chi connectivity index (χ1v) is 11.3. The van der Waals surface area contributed by atoms with Gasteiger partial charge < -0.3 is 16.0 Å². The molecule has 0 fully saturated rings. The molecule has 34 heavy (non-hydrogen) atoms. The third-order valence-electron chi connectivity index (χ3n) is 5.92. The van der Waals surface area contributed by atoms with Gasteiger partial charge in [0.2, 0.25) is 12.1 Å². The predicted octanol–water partition coefficient (Wildman–Crippen LogP) is 4.12. The summed E-state index contributed by atoms with van der Waals surface area (Å²) < 4.78 is 39.2. The van der Waals surface area contributed by atoms with E-state index < -0.39 is 29.7 Å². The van der Waals surface area contributed by atoms with Gasteiger partial charge in [-0.15, -0.1) is 0 Å². The number of hydrogen-bond donors (Lipinski definition) is 2. The number of carbonyl (C=O) groups is 2. The lowest BCUT2D eigenvalue weighted by Crippen LogP contribution is -2.48. The number of benzodiazepines with no additional fused rings is 1. The zero-order chi connectivity index (χ0) is 24.9. The molecule has 1 aliphatic heterocycles. The number of benzene rings is 2. The molecule has 9 heteroatoms. The standard InChI is InChI=1S/C25H29F3N4O2/c1-3-4-5-8-17(15-29)23(33)31-22-24(34)32(2)20-10-7-6-9-19(20)21(30-22)16-11-13-18(14-12-16)25(26,27)28/h6-7,9-14,17,22H,3-5,8,15,29H2,1-2H3,(H,31,33)/t17-,22?/m0/s1. The number of nitrogens with one attached hydrogen (secondary N) is 1. The quantitative estimate of drug-likeness (QED) is 0.565. The summed E-state index contributed by atoms with van der Waals surface area (Å²) in [6.07, 6.45) is -2.28.